The monoisotopic (exact) mass is 413 g/mol. The van der Waals surface area contributed by atoms with E-state index in [-0.39, 0.29) is 11.8 Å². The minimum atomic E-state index is -0.858. The number of para-hydroxylation sites is 1. The van der Waals surface area contributed by atoms with Crippen molar-refractivity contribution in [3.63, 3.8) is 0 Å². The van der Waals surface area contributed by atoms with Crippen molar-refractivity contribution in [2.45, 2.75) is 32.8 Å². The van der Waals surface area contributed by atoms with Crippen LogP contribution in [0, 0.1) is 5.92 Å². The molecule has 0 spiro atoms. The Kier molecular flexibility index (Phi) is 6.23. The standard InChI is InChI=1S/C22H24ClN3O3/c1-14(2)12-22(3,29-21(24)27)13-28-19-9-8-18(26-20(19)23)16-10-11-25-17-7-5-4-6-15(16)17/h4-11,14H,12-13H2,1-3H3,(H2,24,27)/t22-/m0/s1. The van der Waals surface area contributed by atoms with Gasteiger partial charge < -0.3 is 15.2 Å². The average molecular weight is 414 g/mol. The number of pyridine rings is 2. The van der Waals surface area contributed by atoms with E-state index in [0.29, 0.717) is 18.1 Å². The molecule has 3 aromatic rings. The molecule has 0 fully saturated rings. The van der Waals surface area contributed by atoms with Crippen LogP contribution in [-0.2, 0) is 4.74 Å². The molecule has 0 unspecified atom stereocenters. The quantitative estimate of drug-likeness (QED) is 0.536. The van der Waals surface area contributed by atoms with Gasteiger partial charge in [-0.25, -0.2) is 9.78 Å². The maximum Gasteiger partial charge on any atom is 0.405 e. The number of benzene rings is 1. The maximum absolute atomic E-state index is 11.3. The average Bonchev–Trinajstić information content (AvgIpc) is 2.65. The highest BCUT2D eigenvalue weighted by atomic mass is 35.5. The van der Waals surface area contributed by atoms with E-state index < -0.39 is 11.7 Å². The molecule has 1 amide bonds. The van der Waals surface area contributed by atoms with Gasteiger partial charge in [-0.2, -0.15) is 0 Å². The van der Waals surface area contributed by atoms with Crippen LogP contribution in [0.5, 0.6) is 5.75 Å². The number of hydrogen-bond donors (Lipinski definition) is 1. The van der Waals surface area contributed by atoms with Crippen LogP contribution in [0.15, 0.2) is 48.7 Å². The summed E-state index contributed by atoms with van der Waals surface area (Å²) >= 11 is 6.39. The number of halogens is 1. The number of nitrogens with zero attached hydrogens (tertiary/aromatic N) is 2. The fraction of sp³-hybridized carbons (Fsp3) is 0.318. The van der Waals surface area contributed by atoms with Crippen LogP contribution < -0.4 is 10.5 Å². The molecule has 0 saturated heterocycles. The van der Waals surface area contributed by atoms with Gasteiger partial charge in [0, 0.05) is 17.1 Å². The smallest absolute Gasteiger partial charge is 0.405 e. The maximum atomic E-state index is 11.3. The zero-order valence-electron chi connectivity index (χ0n) is 16.7. The normalized spacial score (nSPS) is 13.3. The number of amides is 1. The molecule has 2 heterocycles. The largest absolute Gasteiger partial charge is 0.486 e. The minimum Gasteiger partial charge on any atom is -0.486 e. The highest BCUT2D eigenvalue weighted by Crippen LogP contribution is 2.31. The first-order valence-electron chi connectivity index (χ1n) is 9.39. The minimum absolute atomic E-state index is 0.118. The second kappa shape index (κ2) is 8.66. The first-order chi connectivity index (χ1) is 13.8. The molecule has 0 radical (unpaired) electrons. The first kappa shape index (κ1) is 20.9. The SMILES string of the molecule is CC(C)C[C@@](C)(COc1ccc(-c2ccnc3ccccc23)nc1Cl)OC(N)=O. The molecular formula is C22H24ClN3O3. The van der Waals surface area contributed by atoms with Gasteiger partial charge in [0.1, 0.15) is 12.2 Å². The van der Waals surface area contributed by atoms with Crippen molar-refractivity contribution in [3.05, 3.63) is 53.8 Å². The number of rotatable bonds is 7. The van der Waals surface area contributed by atoms with Crippen LogP contribution in [0.1, 0.15) is 27.2 Å². The summed E-state index contributed by atoms with van der Waals surface area (Å²) < 4.78 is 11.1. The van der Waals surface area contributed by atoms with Crippen LogP contribution in [0.25, 0.3) is 22.2 Å². The number of aromatic nitrogens is 2. The summed E-state index contributed by atoms with van der Waals surface area (Å²) in [5.74, 6) is 0.704. The van der Waals surface area contributed by atoms with Gasteiger partial charge in [-0.1, -0.05) is 43.6 Å². The Labute approximate surface area is 175 Å². The third kappa shape index (κ3) is 5.15. The summed E-state index contributed by atoms with van der Waals surface area (Å²) in [6, 6.07) is 13.4. The van der Waals surface area contributed by atoms with Gasteiger partial charge in [-0.05, 0) is 43.5 Å². The van der Waals surface area contributed by atoms with Gasteiger partial charge >= 0.3 is 6.09 Å². The summed E-state index contributed by atoms with van der Waals surface area (Å²) in [6.07, 6.45) is 1.51. The Bertz CT molecular complexity index is 1020. The van der Waals surface area contributed by atoms with Gasteiger partial charge in [-0.15, -0.1) is 0 Å². The lowest BCUT2D eigenvalue weighted by molar-refractivity contribution is -0.0186. The fourth-order valence-electron chi connectivity index (χ4n) is 3.47. The van der Waals surface area contributed by atoms with Crippen molar-refractivity contribution in [3.8, 4) is 17.0 Å². The molecule has 0 aliphatic carbocycles. The molecule has 0 aliphatic heterocycles. The van der Waals surface area contributed by atoms with Crippen LogP contribution in [0.3, 0.4) is 0 Å². The van der Waals surface area contributed by atoms with Crippen LogP contribution in [0.2, 0.25) is 5.15 Å². The van der Waals surface area contributed by atoms with Crippen molar-refractivity contribution in [1.29, 1.82) is 0 Å². The van der Waals surface area contributed by atoms with Crippen molar-refractivity contribution < 1.29 is 14.3 Å². The number of hydrogen-bond acceptors (Lipinski definition) is 5. The molecule has 0 saturated carbocycles. The van der Waals surface area contributed by atoms with Crippen molar-refractivity contribution in [1.82, 2.24) is 9.97 Å². The van der Waals surface area contributed by atoms with Gasteiger partial charge in [0.15, 0.2) is 10.9 Å². The number of nitrogens with two attached hydrogens (primary N) is 1. The topological polar surface area (TPSA) is 87.3 Å². The highest BCUT2D eigenvalue weighted by Gasteiger charge is 2.31. The van der Waals surface area contributed by atoms with E-state index in [4.69, 9.17) is 26.8 Å². The van der Waals surface area contributed by atoms with Gasteiger partial charge in [0.25, 0.3) is 0 Å². The van der Waals surface area contributed by atoms with Gasteiger partial charge in [0.2, 0.25) is 0 Å². The summed E-state index contributed by atoms with van der Waals surface area (Å²) in [4.78, 5) is 20.2. The predicted molar refractivity (Wildman–Crippen MR) is 114 cm³/mol. The fourth-order valence-corrected chi connectivity index (χ4v) is 3.67. The van der Waals surface area contributed by atoms with Crippen LogP contribution in [-0.4, -0.2) is 28.3 Å². The van der Waals surface area contributed by atoms with Crippen molar-refractivity contribution in [2.75, 3.05) is 6.61 Å². The van der Waals surface area contributed by atoms with Gasteiger partial charge in [-0.3, -0.25) is 4.98 Å². The lowest BCUT2D eigenvalue weighted by Gasteiger charge is -2.30. The van der Waals surface area contributed by atoms with E-state index >= 15 is 0 Å². The zero-order chi connectivity index (χ0) is 21.0. The lowest BCUT2D eigenvalue weighted by Crippen LogP contribution is -2.41. The second-order valence-electron chi connectivity index (χ2n) is 7.62. The molecule has 152 valence electrons. The van der Waals surface area contributed by atoms with E-state index in [2.05, 4.69) is 9.97 Å². The molecule has 1 atom stereocenters. The lowest BCUT2D eigenvalue weighted by atomic mass is 9.95. The molecular weight excluding hydrogens is 390 g/mol. The molecule has 29 heavy (non-hydrogen) atoms. The number of carbonyl (C=O) groups excluding carboxylic acids is 1. The summed E-state index contributed by atoms with van der Waals surface area (Å²) in [7, 11) is 0. The molecule has 7 heteroatoms. The number of carbonyl (C=O) groups is 1. The molecule has 2 aromatic heterocycles. The Hall–Kier alpha value is -2.86. The molecule has 1 aromatic carbocycles. The molecule has 2 N–H and O–H groups in total. The van der Waals surface area contributed by atoms with Crippen molar-refractivity contribution >= 4 is 28.6 Å². The molecule has 6 nitrogen and oxygen atoms in total. The van der Waals surface area contributed by atoms with Crippen molar-refractivity contribution in [2.24, 2.45) is 11.7 Å². The number of ether oxygens (including phenoxy) is 2. The van der Waals surface area contributed by atoms with E-state index in [1.807, 2.05) is 50.2 Å². The highest BCUT2D eigenvalue weighted by molar-refractivity contribution is 6.31. The number of fused-ring (bicyclic) bond motifs is 1. The Balaban J connectivity index is 1.83. The van der Waals surface area contributed by atoms with Gasteiger partial charge in [0.05, 0.1) is 11.2 Å². The van der Waals surface area contributed by atoms with E-state index in [9.17, 15) is 4.79 Å². The van der Waals surface area contributed by atoms with E-state index in [1.165, 1.54) is 0 Å². The molecule has 3 rings (SSSR count). The van der Waals surface area contributed by atoms with E-state index in [1.54, 1.807) is 19.2 Å². The zero-order valence-corrected chi connectivity index (χ0v) is 17.4. The Morgan fingerprint density at radius 3 is 2.66 bits per heavy atom. The third-order valence-corrected chi connectivity index (χ3v) is 4.73. The molecule has 0 bridgehead atoms. The second-order valence-corrected chi connectivity index (χ2v) is 7.98. The Morgan fingerprint density at radius 2 is 1.97 bits per heavy atom. The Morgan fingerprint density at radius 1 is 1.21 bits per heavy atom. The summed E-state index contributed by atoms with van der Waals surface area (Å²) in [5, 5.41) is 1.22. The first-order valence-corrected chi connectivity index (χ1v) is 9.77. The number of primary amides is 1. The molecule has 0 aliphatic rings. The van der Waals surface area contributed by atoms with Crippen LogP contribution in [0.4, 0.5) is 4.79 Å². The predicted octanol–water partition coefficient (Wildman–Crippen LogP) is 5.23. The summed E-state index contributed by atoms with van der Waals surface area (Å²) in [6.45, 7) is 5.97. The van der Waals surface area contributed by atoms with Crippen LogP contribution >= 0.6 is 11.6 Å². The summed E-state index contributed by atoms with van der Waals surface area (Å²) in [5.41, 5.74) is 6.91. The van der Waals surface area contributed by atoms with E-state index in [0.717, 1.165) is 22.2 Å². The third-order valence-electron chi connectivity index (χ3n) is 4.46.